The topological polar surface area (TPSA) is 34.4 Å². The van der Waals surface area contributed by atoms with Crippen molar-refractivity contribution in [3.63, 3.8) is 0 Å². The van der Waals surface area contributed by atoms with Crippen molar-refractivity contribution in [3.8, 4) is 0 Å². The largest absolute Gasteiger partial charge is 0.464 e. The predicted octanol–water partition coefficient (Wildman–Crippen LogP) is 2.28. The van der Waals surface area contributed by atoms with Crippen LogP contribution in [0.15, 0.2) is 16.5 Å². The predicted molar refractivity (Wildman–Crippen MR) is 58.8 cm³/mol. The highest BCUT2D eigenvalue weighted by atomic mass is 16.5. The van der Waals surface area contributed by atoms with E-state index in [1.54, 1.807) is 0 Å². The molecule has 0 bridgehead atoms. The van der Waals surface area contributed by atoms with Gasteiger partial charge in [-0.1, -0.05) is 6.92 Å². The van der Waals surface area contributed by atoms with E-state index in [4.69, 9.17) is 9.15 Å². The van der Waals surface area contributed by atoms with Crippen molar-refractivity contribution in [1.82, 2.24) is 5.32 Å². The first-order valence-electron chi connectivity index (χ1n) is 5.68. The summed E-state index contributed by atoms with van der Waals surface area (Å²) in [5, 5.41) is 3.45. The number of morpholine rings is 1. The van der Waals surface area contributed by atoms with Gasteiger partial charge in [0.05, 0.1) is 18.2 Å². The Balaban J connectivity index is 2.09. The minimum absolute atomic E-state index is 0.171. The Bertz CT molecular complexity index is 321. The van der Waals surface area contributed by atoms with Crippen LogP contribution in [-0.2, 0) is 11.2 Å². The van der Waals surface area contributed by atoms with Crippen molar-refractivity contribution in [3.05, 3.63) is 23.7 Å². The summed E-state index contributed by atoms with van der Waals surface area (Å²) < 4.78 is 11.5. The van der Waals surface area contributed by atoms with Gasteiger partial charge in [-0.2, -0.15) is 0 Å². The van der Waals surface area contributed by atoms with Crippen LogP contribution < -0.4 is 5.32 Å². The van der Waals surface area contributed by atoms with Crippen LogP contribution in [0.5, 0.6) is 0 Å². The zero-order chi connectivity index (χ0) is 10.8. The van der Waals surface area contributed by atoms with Gasteiger partial charge in [0.25, 0.3) is 0 Å². The Morgan fingerprint density at radius 1 is 1.40 bits per heavy atom. The average molecular weight is 209 g/mol. The normalized spacial score (nSPS) is 31.8. The van der Waals surface area contributed by atoms with Crippen molar-refractivity contribution in [2.75, 3.05) is 6.54 Å². The second-order valence-electron chi connectivity index (χ2n) is 4.20. The summed E-state index contributed by atoms with van der Waals surface area (Å²) in [4.78, 5) is 0. The zero-order valence-corrected chi connectivity index (χ0v) is 9.62. The number of hydrogen-bond donors (Lipinski definition) is 1. The Labute approximate surface area is 90.8 Å². The number of ether oxygens (including phenoxy) is 1. The van der Waals surface area contributed by atoms with E-state index in [0.29, 0.717) is 0 Å². The third kappa shape index (κ3) is 2.24. The number of nitrogens with one attached hydrogen (secondary N) is 1. The van der Waals surface area contributed by atoms with E-state index in [0.717, 1.165) is 24.5 Å². The molecule has 84 valence electrons. The minimum Gasteiger partial charge on any atom is -0.464 e. The molecular formula is C12H19NO2. The molecule has 2 heterocycles. The smallest absolute Gasteiger partial charge is 0.123 e. The van der Waals surface area contributed by atoms with Gasteiger partial charge >= 0.3 is 0 Å². The fourth-order valence-electron chi connectivity index (χ4n) is 2.04. The van der Waals surface area contributed by atoms with Gasteiger partial charge in [0, 0.05) is 13.0 Å². The molecule has 1 aliphatic heterocycles. The first-order chi connectivity index (χ1) is 7.20. The first kappa shape index (κ1) is 10.7. The molecule has 1 aliphatic rings. The lowest BCUT2D eigenvalue weighted by atomic mass is 10.1. The molecule has 0 spiro atoms. The van der Waals surface area contributed by atoms with Crippen LogP contribution in [0.25, 0.3) is 0 Å². The maximum Gasteiger partial charge on any atom is 0.123 e. The van der Waals surface area contributed by atoms with Crippen molar-refractivity contribution in [1.29, 1.82) is 0 Å². The van der Waals surface area contributed by atoms with E-state index in [9.17, 15) is 0 Å². The van der Waals surface area contributed by atoms with Gasteiger partial charge in [-0.15, -0.1) is 0 Å². The van der Waals surface area contributed by atoms with Crippen LogP contribution in [0, 0.1) is 0 Å². The molecule has 0 unspecified atom stereocenters. The molecule has 0 aliphatic carbocycles. The fraction of sp³-hybridized carbons (Fsp3) is 0.667. The van der Waals surface area contributed by atoms with Crippen molar-refractivity contribution >= 4 is 0 Å². The molecule has 0 saturated carbocycles. The molecule has 1 aromatic heterocycles. The Morgan fingerprint density at radius 2 is 2.20 bits per heavy atom. The minimum atomic E-state index is 0.171. The highest BCUT2D eigenvalue weighted by molar-refractivity contribution is 5.12. The molecule has 3 atom stereocenters. The molecule has 1 N–H and O–H groups in total. The van der Waals surface area contributed by atoms with Gasteiger partial charge in [-0.25, -0.2) is 0 Å². The van der Waals surface area contributed by atoms with Crippen LogP contribution >= 0.6 is 0 Å². The van der Waals surface area contributed by atoms with Gasteiger partial charge in [-0.05, 0) is 26.0 Å². The summed E-state index contributed by atoms with van der Waals surface area (Å²) in [5.41, 5.74) is 0. The molecule has 15 heavy (non-hydrogen) atoms. The molecule has 3 heteroatoms. The van der Waals surface area contributed by atoms with E-state index in [1.165, 1.54) is 0 Å². The highest BCUT2D eigenvalue weighted by Gasteiger charge is 2.28. The molecule has 0 aromatic carbocycles. The van der Waals surface area contributed by atoms with Gasteiger partial charge in [0.1, 0.15) is 11.5 Å². The maximum atomic E-state index is 5.77. The molecule has 1 aromatic rings. The maximum absolute atomic E-state index is 5.77. The average Bonchev–Trinajstić information content (AvgIpc) is 2.66. The first-order valence-corrected chi connectivity index (χ1v) is 5.68. The van der Waals surface area contributed by atoms with Crippen molar-refractivity contribution in [2.45, 2.75) is 45.4 Å². The lowest BCUT2D eigenvalue weighted by Crippen LogP contribution is -2.44. The summed E-state index contributed by atoms with van der Waals surface area (Å²) in [6, 6.07) is 4.29. The van der Waals surface area contributed by atoms with Crippen LogP contribution in [0.3, 0.4) is 0 Å². The number of aryl methyl sites for hydroxylation is 1. The van der Waals surface area contributed by atoms with E-state index >= 15 is 0 Å². The standard InChI is InChI=1S/C12H19NO2/c1-4-10-5-6-11(15-10)12-9(3)14-8(2)7-13-12/h5-6,8-9,12-13H,4,7H2,1-3H3/t8-,9-,12+/m0/s1. The fourth-order valence-corrected chi connectivity index (χ4v) is 2.04. The molecular weight excluding hydrogens is 190 g/mol. The van der Waals surface area contributed by atoms with E-state index < -0.39 is 0 Å². The third-order valence-corrected chi connectivity index (χ3v) is 2.88. The monoisotopic (exact) mass is 209 g/mol. The molecule has 1 fully saturated rings. The third-order valence-electron chi connectivity index (χ3n) is 2.88. The number of furan rings is 1. The molecule has 0 amide bonds. The Morgan fingerprint density at radius 3 is 2.80 bits per heavy atom. The lowest BCUT2D eigenvalue weighted by molar-refractivity contribution is -0.0491. The quantitative estimate of drug-likeness (QED) is 0.811. The summed E-state index contributed by atoms with van der Waals surface area (Å²) in [5.74, 6) is 2.03. The van der Waals surface area contributed by atoms with Crippen molar-refractivity contribution in [2.24, 2.45) is 0 Å². The Kier molecular flexibility index (Phi) is 3.12. The zero-order valence-electron chi connectivity index (χ0n) is 9.62. The van der Waals surface area contributed by atoms with Crippen LogP contribution in [0.4, 0.5) is 0 Å². The second-order valence-corrected chi connectivity index (χ2v) is 4.20. The van der Waals surface area contributed by atoms with Gasteiger partial charge in [-0.3, -0.25) is 0 Å². The van der Waals surface area contributed by atoms with E-state index in [1.807, 2.05) is 12.1 Å². The van der Waals surface area contributed by atoms with Crippen molar-refractivity contribution < 1.29 is 9.15 Å². The summed E-state index contributed by atoms with van der Waals surface area (Å²) in [6.45, 7) is 7.15. The highest BCUT2D eigenvalue weighted by Crippen LogP contribution is 2.25. The second kappa shape index (κ2) is 4.37. The number of hydrogen-bond acceptors (Lipinski definition) is 3. The molecule has 3 nitrogen and oxygen atoms in total. The summed E-state index contributed by atoms with van der Waals surface area (Å²) >= 11 is 0. The van der Waals surface area contributed by atoms with Gasteiger partial charge in [0.2, 0.25) is 0 Å². The van der Waals surface area contributed by atoms with Gasteiger partial charge < -0.3 is 14.5 Å². The SMILES string of the molecule is CCc1ccc([C@@H]2NC[C@H](C)O[C@H]2C)o1. The number of rotatable bonds is 2. The lowest BCUT2D eigenvalue weighted by Gasteiger charge is -2.33. The Hall–Kier alpha value is -0.800. The molecule has 1 saturated heterocycles. The summed E-state index contributed by atoms with van der Waals surface area (Å²) in [7, 11) is 0. The molecule has 2 rings (SSSR count). The van der Waals surface area contributed by atoms with E-state index in [2.05, 4.69) is 26.1 Å². The van der Waals surface area contributed by atoms with Crippen LogP contribution in [-0.4, -0.2) is 18.8 Å². The van der Waals surface area contributed by atoms with Gasteiger partial charge in [0.15, 0.2) is 0 Å². The molecule has 0 radical (unpaired) electrons. The van der Waals surface area contributed by atoms with Crippen LogP contribution in [0.2, 0.25) is 0 Å². The summed E-state index contributed by atoms with van der Waals surface area (Å²) in [6.07, 6.45) is 1.40. The van der Waals surface area contributed by atoms with Crippen LogP contribution in [0.1, 0.15) is 38.3 Å². The van der Waals surface area contributed by atoms with E-state index in [-0.39, 0.29) is 18.2 Å².